The van der Waals surface area contributed by atoms with Crippen molar-refractivity contribution in [2.45, 2.75) is 48.9 Å². The molecule has 0 spiro atoms. The zero-order chi connectivity index (χ0) is 16.8. The zero-order valence-electron chi connectivity index (χ0n) is 13.9. The van der Waals surface area contributed by atoms with Gasteiger partial charge in [-0.05, 0) is 69.0 Å². The molecule has 2 aromatic rings. The first-order valence-corrected chi connectivity index (χ1v) is 9.38. The Morgan fingerprint density at radius 1 is 1.08 bits per heavy atom. The number of carbonyl (C=O) groups is 1. The normalized spacial score (nSPS) is 15.9. The molecule has 1 atom stereocenters. The minimum absolute atomic E-state index is 0.00770. The molecule has 2 aromatic carbocycles. The van der Waals surface area contributed by atoms with Crippen molar-refractivity contribution in [2.75, 3.05) is 5.32 Å². The summed E-state index contributed by atoms with van der Waals surface area (Å²) >= 11 is 1.56. The van der Waals surface area contributed by atoms with Gasteiger partial charge in [-0.2, -0.15) is 0 Å². The Kier molecular flexibility index (Phi) is 5.81. The predicted octanol–water partition coefficient (Wildman–Crippen LogP) is 5.13. The van der Waals surface area contributed by atoms with E-state index in [1.165, 1.54) is 12.8 Å². The summed E-state index contributed by atoms with van der Waals surface area (Å²) < 4.78 is 5.94. The van der Waals surface area contributed by atoms with Crippen molar-refractivity contribution in [3.63, 3.8) is 0 Å². The van der Waals surface area contributed by atoms with E-state index >= 15 is 0 Å². The van der Waals surface area contributed by atoms with Gasteiger partial charge in [-0.1, -0.05) is 18.2 Å². The number of thioether (sulfide) groups is 1. The van der Waals surface area contributed by atoms with Crippen LogP contribution in [0.15, 0.2) is 59.5 Å². The maximum atomic E-state index is 12.3. The molecule has 3 rings (SSSR count). The third-order valence-corrected chi connectivity index (χ3v) is 5.26. The Balaban J connectivity index is 1.52. The van der Waals surface area contributed by atoms with Gasteiger partial charge in [0.1, 0.15) is 5.75 Å². The number of hydrogen-bond acceptors (Lipinski definition) is 3. The number of rotatable bonds is 6. The predicted molar refractivity (Wildman–Crippen MR) is 99.7 cm³/mol. The van der Waals surface area contributed by atoms with E-state index in [0.29, 0.717) is 6.10 Å². The second-order valence-corrected chi connectivity index (χ2v) is 7.53. The van der Waals surface area contributed by atoms with Crippen molar-refractivity contribution in [3.05, 3.63) is 54.6 Å². The summed E-state index contributed by atoms with van der Waals surface area (Å²) in [6.45, 7) is 1.92. The Hall–Kier alpha value is -1.94. The van der Waals surface area contributed by atoms with Crippen molar-refractivity contribution in [1.29, 1.82) is 0 Å². The van der Waals surface area contributed by atoms with E-state index in [1.807, 2.05) is 61.5 Å². The Morgan fingerprint density at radius 2 is 1.75 bits per heavy atom. The highest BCUT2D eigenvalue weighted by molar-refractivity contribution is 8.00. The zero-order valence-corrected chi connectivity index (χ0v) is 14.7. The molecule has 1 N–H and O–H groups in total. The minimum atomic E-state index is -0.151. The van der Waals surface area contributed by atoms with Crippen LogP contribution in [-0.4, -0.2) is 17.3 Å². The summed E-state index contributed by atoms with van der Waals surface area (Å²) in [5.74, 6) is 0.889. The molecule has 0 heterocycles. The molecule has 1 saturated carbocycles. The second-order valence-electron chi connectivity index (χ2n) is 6.11. The number of nitrogens with one attached hydrogen (secondary N) is 1. The first kappa shape index (κ1) is 16.9. The molecule has 24 heavy (non-hydrogen) atoms. The monoisotopic (exact) mass is 341 g/mol. The molecule has 0 bridgehead atoms. The highest BCUT2D eigenvalue weighted by atomic mass is 32.2. The molecule has 1 aliphatic carbocycles. The van der Waals surface area contributed by atoms with Crippen LogP contribution in [0.5, 0.6) is 5.75 Å². The van der Waals surface area contributed by atoms with Crippen LogP contribution >= 0.6 is 11.8 Å². The standard InChI is InChI=1S/C20H23NO2S/c1-15(24-19-9-3-2-4-10-19)20(22)21-16-11-13-18(14-12-16)23-17-7-5-6-8-17/h2-4,9-15,17H,5-8H2,1H3,(H,21,22)/t15-/m0/s1. The molecular formula is C20H23NO2S. The molecule has 4 heteroatoms. The maximum absolute atomic E-state index is 12.3. The fourth-order valence-corrected chi connectivity index (χ4v) is 3.70. The van der Waals surface area contributed by atoms with Crippen LogP contribution in [0, 0.1) is 0 Å². The summed E-state index contributed by atoms with van der Waals surface area (Å²) in [4.78, 5) is 13.4. The quantitative estimate of drug-likeness (QED) is 0.741. The molecule has 1 fully saturated rings. The largest absolute Gasteiger partial charge is 0.490 e. The number of carbonyl (C=O) groups excluding carboxylic acids is 1. The first-order valence-electron chi connectivity index (χ1n) is 8.50. The van der Waals surface area contributed by atoms with Gasteiger partial charge < -0.3 is 10.1 Å². The Bertz CT molecular complexity index is 651. The van der Waals surface area contributed by atoms with Crippen LogP contribution in [0.3, 0.4) is 0 Å². The molecule has 0 aliphatic heterocycles. The van der Waals surface area contributed by atoms with Crippen LogP contribution in [0.1, 0.15) is 32.6 Å². The summed E-state index contributed by atoms with van der Waals surface area (Å²) in [7, 11) is 0. The molecule has 0 unspecified atom stereocenters. The van der Waals surface area contributed by atoms with Gasteiger partial charge >= 0.3 is 0 Å². The van der Waals surface area contributed by atoms with Crippen LogP contribution in [0.2, 0.25) is 0 Å². The van der Waals surface area contributed by atoms with Gasteiger partial charge in [0.2, 0.25) is 5.91 Å². The summed E-state index contributed by atoms with van der Waals surface area (Å²) in [6, 6.07) is 17.7. The van der Waals surface area contributed by atoms with Crippen molar-refractivity contribution < 1.29 is 9.53 Å². The topological polar surface area (TPSA) is 38.3 Å². The van der Waals surface area contributed by atoms with E-state index in [1.54, 1.807) is 11.8 Å². The Labute approximate surface area is 147 Å². The van der Waals surface area contributed by atoms with E-state index < -0.39 is 0 Å². The van der Waals surface area contributed by atoms with Crippen molar-refractivity contribution in [1.82, 2.24) is 0 Å². The molecule has 1 aliphatic rings. The number of anilines is 1. The van der Waals surface area contributed by atoms with E-state index in [4.69, 9.17) is 4.74 Å². The lowest BCUT2D eigenvalue weighted by Gasteiger charge is -2.14. The van der Waals surface area contributed by atoms with E-state index in [2.05, 4.69) is 5.32 Å². The van der Waals surface area contributed by atoms with Gasteiger partial charge in [-0.15, -0.1) is 11.8 Å². The van der Waals surface area contributed by atoms with Gasteiger partial charge in [0, 0.05) is 10.6 Å². The molecule has 1 amide bonds. The number of amides is 1. The highest BCUT2D eigenvalue weighted by Crippen LogP contribution is 2.26. The lowest BCUT2D eigenvalue weighted by Crippen LogP contribution is -2.22. The fourth-order valence-electron chi connectivity index (χ4n) is 2.82. The van der Waals surface area contributed by atoms with E-state index in [-0.39, 0.29) is 11.2 Å². The average Bonchev–Trinajstić information content (AvgIpc) is 3.10. The molecule has 0 radical (unpaired) electrons. The SMILES string of the molecule is C[C@H](Sc1ccccc1)C(=O)Nc1ccc(OC2CCCC2)cc1. The van der Waals surface area contributed by atoms with Crippen LogP contribution in [0.4, 0.5) is 5.69 Å². The Morgan fingerprint density at radius 3 is 2.42 bits per heavy atom. The maximum Gasteiger partial charge on any atom is 0.237 e. The molecule has 0 aromatic heterocycles. The van der Waals surface area contributed by atoms with Crippen molar-refractivity contribution in [2.24, 2.45) is 0 Å². The van der Waals surface area contributed by atoms with Crippen molar-refractivity contribution >= 4 is 23.4 Å². The van der Waals surface area contributed by atoms with Gasteiger partial charge in [0.05, 0.1) is 11.4 Å². The van der Waals surface area contributed by atoms with Crippen LogP contribution in [0.25, 0.3) is 0 Å². The first-order chi connectivity index (χ1) is 11.7. The fraction of sp³-hybridized carbons (Fsp3) is 0.350. The van der Waals surface area contributed by atoms with E-state index in [0.717, 1.165) is 29.2 Å². The average molecular weight is 341 g/mol. The lowest BCUT2D eigenvalue weighted by molar-refractivity contribution is -0.115. The van der Waals surface area contributed by atoms with Gasteiger partial charge in [0.25, 0.3) is 0 Å². The lowest BCUT2D eigenvalue weighted by atomic mass is 10.2. The summed E-state index contributed by atoms with van der Waals surface area (Å²) in [5, 5.41) is 2.82. The molecular weight excluding hydrogens is 318 g/mol. The number of benzene rings is 2. The summed E-state index contributed by atoms with van der Waals surface area (Å²) in [5.41, 5.74) is 0.805. The minimum Gasteiger partial charge on any atom is -0.490 e. The smallest absolute Gasteiger partial charge is 0.237 e. The number of hydrogen-bond donors (Lipinski definition) is 1. The molecule has 0 saturated heterocycles. The van der Waals surface area contributed by atoms with Gasteiger partial charge in [0.15, 0.2) is 0 Å². The third kappa shape index (κ3) is 4.78. The van der Waals surface area contributed by atoms with Crippen LogP contribution < -0.4 is 10.1 Å². The van der Waals surface area contributed by atoms with Gasteiger partial charge in [-0.3, -0.25) is 4.79 Å². The number of ether oxygens (including phenoxy) is 1. The van der Waals surface area contributed by atoms with Crippen LogP contribution in [-0.2, 0) is 4.79 Å². The van der Waals surface area contributed by atoms with E-state index in [9.17, 15) is 4.79 Å². The third-order valence-electron chi connectivity index (χ3n) is 4.15. The van der Waals surface area contributed by atoms with Gasteiger partial charge in [-0.25, -0.2) is 0 Å². The highest BCUT2D eigenvalue weighted by Gasteiger charge is 2.17. The molecule has 126 valence electrons. The second kappa shape index (κ2) is 8.25. The summed E-state index contributed by atoms with van der Waals surface area (Å²) in [6.07, 6.45) is 5.16. The van der Waals surface area contributed by atoms with Crippen molar-refractivity contribution in [3.8, 4) is 5.75 Å². The molecule has 3 nitrogen and oxygen atoms in total.